The highest BCUT2D eigenvalue weighted by Gasteiger charge is 2.20. The molecule has 15 rings (SSSR count). The van der Waals surface area contributed by atoms with E-state index in [1.54, 1.807) is 11.3 Å². The molecule has 0 atom stereocenters. The lowest BCUT2D eigenvalue weighted by atomic mass is 10.1. The number of aromatic nitrogens is 8. The fraction of sp³-hybridized carbons (Fsp3) is 0. The average Bonchev–Trinajstić information content (AvgIpc) is 4.22. The lowest BCUT2D eigenvalue weighted by molar-refractivity contribution is 1.10. The molecule has 0 unspecified atom stereocenters. The fourth-order valence-corrected chi connectivity index (χ4v) is 11.6. The summed E-state index contributed by atoms with van der Waals surface area (Å²) in [5.41, 5.74) is 16.2. The van der Waals surface area contributed by atoms with E-state index in [1.807, 2.05) is 36.4 Å². The van der Waals surface area contributed by atoms with Gasteiger partial charge in [0.15, 0.2) is 11.6 Å². The molecule has 0 aliphatic carbocycles. The van der Waals surface area contributed by atoms with E-state index in [2.05, 4.69) is 215 Å². The van der Waals surface area contributed by atoms with Gasteiger partial charge in [0.05, 0.1) is 44.5 Å². The summed E-state index contributed by atoms with van der Waals surface area (Å²) in [5, 5.41) is 18.1. The third-order valence-electron chi connectivity index (χ3n) is 14.3. The molecule has 0 aliphatic rings. The molecule has 5 heterocycles. The van der Waals surface area contributed by atoms with E-state index in [-0.39, 0.29) is 0 Å². The van der Waals surface area contributed by atoms with Crippen LogP contribution in [0, 0.1) is 0 Å². The fourth-order valence-electron chi connectivity index (χ4n) is 10.8. The van der Waals surface area contributed by atoms with Crippen molar-refractivity contribution in [3.8, 4) is 77.8 Å². The maximum Gasteiger partial charge on any atom is 0.160 e. The maximum absolute atomic E-state index is 5.14. The third-order valence-corrected chi connectivity index (χ3v) is 15.4. The van der Waals surface area contributed by atoms with E-state index >= 15 is 0 Å². The molecule has 0 spiro atoms. The highest BCUT2D eigenvalue weighted by atomic mass is 32.1. The predicted molar refractivity (Wildman–Crippen MR) is 307 cm³/mol. The van der Waals surface area contributed by atoms with Crippen molar-refractivity contribution in [2.45, 2.75) is 0 Å². The molecule has 0 saturated carbocycles. The highest BCUT2D eigenvalue weighted by Crippen LogP contribution is 2.40. The van der Waals surface area contributed by atoms with E-state index in [0.717, 1.165) is 110 Å². The van der Waals surface area contributed by atoms with Crippen LogP contribution in [0.15, 0.2) is 243 Å². The van der Waals surface area contributed by atoms with Gasteiger partial charge in [-0.3, -0.25) is 0 Å². The number of benzene rings is 10. The molecule has 0 N–H and O–H groups in total. The quantitative estimate of drug-likeness (QED) is 0.151. The Hall–Kier alpha value is -9.96. The van der Waals surface area contributed by atoms with Crippen LogP contribution in [0.3, 0.4) is 0 Å². The van der Waals surface area contributed by atoms with Gasteiger partial charge in [-0.05, 0) is 84.9 Å². The van der Waals surface area contributed by atoms with Gasteiger partial charge < -0.3 is 9.13 Å². The van der Waals surface area contributed by atoms with Crippen LogP contribution >= 0.6 is 11.3 Å². The second kappa shape index (κ2) is 17.4. The Morgan fingerprint density at radius 2 is 0.627 bits per heavy atom. The lowest BCUT2D eigenvalue weighted by Crippen LogP contribution is -1.97. The molecule has 10 aromatic carbocycles. The monoisotopic (exact) mass is 976 g/mol. The first-order valence-corrected chi connectivity index (χ1v) is 25.8. The van der Waals surface area contributed by atoms with Crippen LogP contribution in [-0.4, -0.2) is 39.3 Å². The number of nitrogens with zero attached hydrogens (tertiary/aromatic N) is 8. The molecule has 0 bridgehead atoms. The molecule has 0 amide bonds. The SMILES string of the molecule is c1ccc(-c2nc(-c3ccc(-n4c5ccccc5c5ccc(-c6nnc(-c7ccc8c9ccccc9n(-c9ccc(-c%10nc(-c%11ccccc%11)c%11ccccc%11n%10)cc9)c8c7)s6)cc54)cc3)nc3ccccc23)cc1. The summed E-state index contributed by atoms with van der Waals surface area (Å²) >= 11 is 1.60. The molecule has 5 aromatic heterocycles. The first-order chi connectivity index (χ1) is 37.2. The minimum atomic E-state index is 0.691. The molecular formula is C66H40N8S. The summed E-state index contributed by atoms with van der Waals surface area (Å²) < 4.78 is 4.68. The second-order valence-electron chi connectivity index (χ2n) is 18.7. The van der Waals surface area contributed by atoms with Crippen LogP contribution in [-0.2, 0) is 0 Å². The molecule has 0 saturated heterocycles. The zero-order chi connectivity index (χ0) is 49.4. The highest BCUT2D eigenvalue weighted by molar-refractivity contribution is 7.17. The lowest BCUT2D eigenvalue weighted by Gasteiger charge is -2.11. The van der Waals surface area contributed by atoms with E-state index in [9.17, 15) is 0 Å². The van der Waals surface area contributed by atoms with Crippen molar-refractivity contribution in [3.63, 3.8) is 0 Å². The van der Waals surface area contributed by atoms with Gasteiger partial charge in [-0.25, -0.2) is 19.9 Å². The minimum Gasteiger partial charge on any atom is -0.309 e. The first kappa shape index (κ1) is 42.7. The van der Waals surface area contributed by atoms with Crippen LogP contribution in [0.5, 0.6) is 0 Å². The van der Waals surface area contributed by atoms with Gasteiger partial charge in [0.25, 0.3) is 0 Å². The van der Waals surface area contributed by atoms with Crippen LogP contribution in [0.2, 0.25) is 0 Å². The zero-order valence-electron chi connectivity index (χ0n) is 40.1. The van der Waals surface area contributed by atoms with Crippen LogP contribution in [0.1, 0.15) is 0 Å². The van der Waals surface area contributed by atoms with Crippen molar-refractivity contribution in [2.75, 3.05) is 0 Å². The van der Waals surface area contributed by atoms with Gasteiger partial charge in [-0.2, -0.15) is 0 Å². The number of hydrogen-bond acceptors (Lipinski definition) is 7. The summed E-state index contributed by atoms with van der Waals surface area (Å²) in [7, 11) is 0. The second-order valence-corrected chi connectivity index (χ2v) is 19.7. The molecule has 8 nitrogen and oxygen atoms in total. The van der Waals surface area contributed by atoms with E-state index in [1.165, 1.54) is 21.5 Å². The first-order valence-electron chi connectivity index (χ1n) is 24.9. The van der Waals surface area contributed by atoms with E-state index in [0.29, 0.717) is 11.6 Å². The Kier molecular flexibility index (Phi) is 9.89. The van der Waals surface area contributed by atoms with Gasteiger partial charge in [0.1, 0.15) is 10.0 Å². The summed E-state index contributed by atoms with van der Waals surface area (Å²) in [5.74, 6) is 1.38. The summed E-state index contributed by atoms with van der Waals surface area (Å²) in [6.45, 7) is 0. The Morgan fingerprint density at radius 1 is 0.267 bits per heavy atom. The molecule has 9 heteroatoms. The molecular weight excluding hydrogens is 937 g/mol. The zero-order valence-corrected chi connectivity index (χ0v) is 40.9. The molecule has 15 aromatic rings. The van der Waals surface area contributed by atoms with E-state index in [4.69, 9.17) is 30.1 Å². The van der Waals surface area contributed by atoms with Gasteiger partial charge in [0.2, 0.25) is 0 Å². The van der Waals surface area contributed by atoms with E-state index < -0.39 is 0 Å². The largest absolute Gasteiger partial charge is 0.309 e. The Labute approximate surface area is 434 Å². The average molecular weight is 977 g/mol. The number of rotatable bonds is 8. The normalized spacial score (nSPS) is 11.7. The van der Waals surface area contributed by atoms with Crippen molar-refractivity contribution in [3.05, 3.63) is 243 Å². The Morgan fingerprint density at radius 3 is 1.07 bits per heavy atom. The van der Waals surface area contributed by atoms with Gasteiger partial charge in [0, 0.05) is 77.1 Å². The summed E-state index contributed by atoms with van der Waals surface area (Å²) in [6, 6.07) is 84.8. The molecule has 75 heavy (non-hydrogen) atoms. The Balaban J connectivity index is 0.779. The van der Waals surface area contributed by atoms with Crippen molar-refractivity contribution in [2.24, 2.45) is 0 Å². The molecule has 0 radical (unpaired) electrons. The van der Waals surface area contributed by atoms with Crippen LogP contribution < -0.4 is 0 Å². The molecule has 0 aliphatic heterocycles. The molecule has 350 valence electrons. The smallest absolute Gasteiger partial charge is 0.160 e. The van der Waals surface area contributed by atoms with Crippen molar-refractivity contribution >= 4 is 76.8 Å². The van der Waals surface area contributed by atoms with Crippen molar-refractivity contribution < 1.29 is 0 Å². The molecule has 0 fully saturated rings. The number of para-hydroxylation sites is 4. The summed E-state index contributed by atoms with van der Waals surface area (Å²) in [4.78, 5) is 20.3. The predicted octanol–water partition coefficient (Wildman–Crippen LogP) is 16.6. The summed E-state index contributed by atoms with van der Waals surface area (Å²) in [6.07, 6.45) is 0. The van der Waals surface area contributed by atoms with Crippen LogP contribution in [0.25, 0.3) is 143 Å². The minimum absolute atomic E-state index is 0.691. The van der Waals surface area contributed by atoms with Crippen LogP contribution in [0.4, 0.5) is 0 Å². The van der Waals surface area contributed by atoms with Gasteiger partial charge in [-0.1, -0.05) is 169 Å². The Bertz CT molecular complexity index is 4400. The standard InChI is InChI=1S/C66H40N8S/c1-3-15-41(16-4-1)61-53-21-7-11-23-55(53)67-63(69-61)43-27-33-47(34-28-43)73-57-25-13-9-19-49(57)51-37-31-45(39-59(51)73)65-71-72-66(75-65)46-32-38-52-50-20-10-14-26-58(50)74(60(52)40-46)48-35-29-44(30-36-48)64-68-56-24-12-8-22-54(56)62(70-64)42-17-5-2-6-18-42/h1-40H. The topological polar surface area (TPSA) is 87.2 Å². The van der Waals surface area contributed by atoms with Crippen molar-refractivity contribution in [1.29, 1.82) is 0 Å². The maximum atomic E-state index is 5.14. The third kappa shape index (κ3) is 7.20. The van der Waals surface area contributed by atoms with Gasteiger partial charge in [-0.15, -0.1) is 10.2 Å². The van der Waals surface area contributed by atoms with Gasteiger partial charge >= 0.3 is 0 Å². The number of fused-ring (bicyclic) bond motifs is 8. The number of hydrogen-bond donors (Lipinski definition) is 0. The van der Waals surface area contributed by atoms with Crippen molar-refractivity contribution in [1.82, 2.24) is 39.3 Å².